The molecule has 0 fully saturated rings. The summed E-state index contributed by atoms with van der Waals surface area (Å²) in [6.45, 7) is 8.09. The van der Waals surface area contributed by atoms with Gasteiger partial charge < -0.3 is 9.84 Å². The van der Waals surface area contributed by atoms with E-state index in [0.29, 0.717) is 18.6 Å². The average molecular weight is 835 g/mol. The zero-order valence-electron chi connectivity index (χ0n) is 28.4. The van der Waals surface area contributed by atoms with Gasteiger partial charge in [0.2, 0.25) is 9.84 Å². The fraction of sp³-hybridized carbons (Fsp3) is 0.250. The van der Waals surface area contributed by atoms with Gasteiger partial charge in [0.1, 0.15) is 31.9 Å². The van der Waals surface area contributed by atoms with Crippen LogP contribution >= 0.6 is 0 Å². The summed E-state index contributed by atoms with van der Waals surface area (Å²) in [5, 5.41) is 9.93. The van der Waals surface area contributed by atoms with E-state index >= 15 is 0 Å². The Bertz CT molecular complexity index is 2700. The van der Waals surface area contributed by atoms with Crippen LogP contribution in [0.3, 0.4) is 0 Å². The quantitative estimate of drug-likeness (QED) is 0.117. The van der Waals surface area contributed by atoms with Gasteiger partial charge in [-0.05, 0) is 83.1 Å². The summed E-state index contributed by atoms with van der Waals surface area (Å²) >= 11 is 0. The third-order valence-corrected chi connectivity index (χ3v) is 14.1. The Hall–Kier alpha value is -3.93. The molecule has 0 spiro atoms. The predicted octanol–water partition coefficient (Wildman–Crippen LogP) is 5.02. The molecule has 0 heterocycles. The standard InChI is InChI=1S/C32H34O16S5/c1-6-31(2,3)23-11-9-21(17-27(23)50(36,37)38)49(34,35)22-10-14-26(30(18-22)53(45,46)47)48-25-13-8-20(16-29(25)52(42,43)44)32(4,5)19-7-12-24(33)28(15-19)51(39,40)41/h7-18,33H,6H2,1-5H3,(H,36,37,38)(H,39,40,41)(H,42,43,44)(H,45,46,47). The Balaban J connectivity index is 1.85. The second-order valence-corrected chi connectivity index (χ2v) is 20.5. The van der Waals surface area contributed by atoms with Crippen LogP contribution in [-0.4, -0.2) is 65.4 Å². The Morgan fingerprint density at radius 1 is 0.528 bits per heavy atom. The van der Waals surface area contributed by atoms with E-state index in [4.69, 9.17) is 4.74 Å². The highest BCUT2D eigenvalue weighted by atomic mass is 32.2. The number of phenols is 1. The van der Waals surface area contributed by atoms with Crippen LogP contribution in [0.1, 0.15) is 57.7 Å². The van der Waals surface area contributed by atoms with Gasteiger partial charge in [-0.2, -0.15) is 33.7 Å². The van der Waals surface area contributed by atoms with E-state index in [1.807, 2.05) is 0 Å². The van der Waals surface area contributed by atoms with E-state index in [2.05, 4.69) is 0 Å². The summed E-state index contributed by atoms with van der Waals surface area (Å²) in [6.07, 6.45) is 0.400. The number of rotatable bonds is 12. The van der Waals surface area contributed by atoms with Crippen molar-refractivity contribution in [3.63, 3.8) is 0 Å². The van der Waals surface area contributed by atoms with E-state index in [0.717, 1.165) is 42.5 Å². The molecule has 0 saturated heterocycles. The molecule has 0 unspecified atom stereocenters. The molecule has 4 aromatic carbocycles. The maximum Gasteiger partial charge on any atom is 0.298 e. The normalized spacial score (nSPS) is 13.5. The summed E-state index contributed by atoms with van der Waals surface area (Å²) in [5.74, 6) is -2.28. The van der Waals surface area contributed by atoms with Crippen LogP contribution in [0.2, 0.25) is 0 Å². The second-order valence-electron chi connectivity index (χ2n) is 13.0. The molecular formula is C32H34O16S5. The third-order valence-electron chi connectivity index (χ3n) is 8.78. The van der Waals surface area contributed by atoms with Gasteiger partial charge in [0, 0.05) is 5.41 Å². The first-order valence-corrected chi connectivity index (χ1v) is 22.3. The predicted molar refractivity (Wildman–Crippen MR) is 188 cm³/mol. The van der Waals surface area contributed by atoms with Crippen LogP contribution in [0.15, 0.2) is 102 Å². The van der Waals surface area contributed by atoms with Crippen molar-refractivity contribution in [2.24, 2.45) is 0 Å². The second kappa shape index (κ2) is 13.7. The SMILES string of the molecule is CCC(C)(C)c1ccc(S(=O)(=O)c2ccc(Oc3ccc(C(C)(C)c4ccc(O)c(S(=O)(=O)O)c4)cc3S(=O)(=O)O)c(S(=O)(=O)O)c2)cc1S(=O)(=O)O. The molecular weight excluding hydrogens is 801 g/mol. The molecule has 0 amide bonds. The summed E-state index contributed by atoms with van der Waals surface area (Å²) < 4.78 is 171. The van der Waals surface area contributed by atoms with Gasteiger partial charge >= 0.3 is 0 Å². The van der Waals surface area contributed by atoms with Crippen LogP contribution in [0.25, 0.3) is 0 Å². The van der Waals surface area contributed by atoms with Gasteiger partial charge in [-0.25, -0.2) is 8.42 Å². The van der Waals surface area contributed by atoms with Crippen LogP contribution in [-0.2, 0) is 61.1 Å². The van der Waals surface area contributed by atoms with Gasteiger partial charge in [-0.1, -0.05) is 52.8 Å². The average Bonchev–Trinajstić information content (AvgIpc) is 3.02. The maximum atomic E-state index is 13.7. The minimum atomic E-state index is -5.34. The first-order chi connectivity index (χ1) is 23.9. The van der Waals surface area contributed by atoms with Gasteiger partial charge in [-0.15, -0.1) is 0 Å². The number of aromatic hydroxyl groups is 1. The zero-order valence-corrected chi connectivity index (χ0v) is 32.5. The zero-order chi connectivity index (χ0) is 40.3. The number of hydrogen-bond acceptors (Lipinski definition) is 12. The molecule has 0 aliphatic carbocycles. The fourth-order valence-electron chi connectivity index (χ4n) is 5.29. The summed E-state index contributed by atoms with van der Waals surface area (Å²) in [6, 6.07) is 11.4. The molecule has 53 heavy (non-hydrogen) atoms. The van der Waals surface area contributed by atoms with E-state index in [1.165, 1.54) is 32.0 Å². The lowest BCUT2D eigenvalue weighted by molar-refractivity contribution is 0.432. The minimum Gasteiger partial charge on any atom is -0.506 e. The first-order valence-electron chi connectivity index (χ1n) is 15.0. The van der Waals surface area contributed by atoms with Crippen LogP contribution in [0, 0.1) is 0 Å². The van der Waals surface area contributed by atoms with Crippen molar-refractivity contribution in [2.45, 2.75) is 81.2 Å². The highest BCUT2D eigenvalue weighted by molar-refractivity contribution is 7.91. The molecule has 0 atom stereocenters. The number of sulfone groups is 1. The van der Waals surface area contributed by atoms with Gasteiger partial charge in [0.25, 0.3) is 40.5 Å². The van der Waals surface area contributed by atoms with Crippen molar-refractivity contribution in [1.82, 2.24) is 0 Å². The van der Waals surface area contributed by atoms with Gasteiger partial charge in [-0.3, -0.25) is 18.2 Å². The summed E-state index contributed by atoms with van der Waals surface area (Å²) in [7, 11) is -25.1. The van der Waals surface area contributed by atoms with Crippen molar-refractivity contribution in [2.75, 3.05) is 0 Å². The molecule has 0 radical (unpaired) electrons. The molecule has 5 N–H and O–H groups in total. The van der Waals surface area contributed by atoms with Crippen molar-refractivity contribution < 1.29 is 70.1 Å². The molecule has 288 valence electrons. The topological polar surface area (TPSA) is 281 Å². The van der Waals surface area contributed by atoms with E-state index in [-0.39, 0.29) is 16.7 Å². The lowest BCUT2D eigenvalue weighted by Crippen LogP contribution is -2.20. The van der Waals surface area contributed by atoms with Crippen molar-refractivity contribution >= 4 is 50.3 Å². The Morgan fingerprint density at radius 2 is 0.925 bits per heavy atom. The molecule has 0 bridgehead atoms. The van der Waals surface area contributed by atoms with E-state index < -0.39 is 108 Å². The first kappa shape index (κ1) is 41.8. The lowest BCUT2D eigenvalue weighted by Gasteiger charge is -2.27. The summed E-state index contributed by atoms with van der Waals surface area (Å²) in [5.41, 5.74) is -1.76. The third kappa shape index (κ3) is 8.58. The van der Waals surface area contributed by atoms with Crippen LogP contribution in [0.5, 0.6) is 17.2 Å². The molecule has 0 saturated carbocycles. The molecule has 21 heteroatoms. The summed E-state index contributed by atoms with van der Waals surface area (Å²) in [4.78, 5) is -5.11. The van der Waals surface area contributed by atoms with Crippen LogP contribution < -0.4 is 4.74 Å². The number of phenolic OH excluding ortho intramolecular Hbond substituents is 1. The van der Waals surface area contributed by atoms with Crippen molar-refractivity contribution in [3.8, 4) is 17.2 Å². The molecule has 0 aromatic heterocycles. The van der Waals surface area contributed by atoms with Gasteiger partial charge in [0.15, 0.2) is 0 Å². The number of benzene rings is 4. The van der Waals surface area contributed by atoms with Crippen LogP contribution in [0.4, 0.5) is 0 Å². The smallest absolute Gasteiger partial charge is 0.298 e. The molecule has 0 aliphatic rings. The number of ether oxygens (including phenoxy) is 1. The van der Waals surface area contributed by atoms with E-state index in [1.54, 1.807) is 20.8 Å². The van der Waals surface area contributed by atoms with E-state index in [9.17, 15) is 65.4 Å². The highest BCUT2D eigenvalue weighted by Crippen LogP contribution is 2.41. The molecule has 16 nitrogen and oxygen atoms in total. The Labute approximate surface area is 307 Å². The Kier molecular flexibility index (Phi) is 10.8. The molecule has 0 aliphatic heterocycles. The molecule has 4 aromatic rings. The van der Waals surface area contributed by atoms with Crippen molar-refractivity contribution in [1.29, 1.82) is 0 Å². The lowest BCUT2D eigenvalue weighted by atomic mass is 9.78. The monoisotopic (exact) mass is 834 g/mol. The Morgan fingerprint density at radius 3 is 1.40 bits per heavy atom. The van der Waals surface area contributed by atoms with Gasteiger partial charge in [0.05, 0.1) is 14.7 Å². The van der Waals surface area contributed by atoms with Crippen molar-refractivity contribution in [3.05, 3.63) is 89.5 Å². The number of hydrogen-bond donors (Lipinski definition) is 5. The largest absolute Gasteiger partial charge is 0.506 e. The molecule has 4 rings (SSSR count). The fourth-order valence-corrected chi connectivity index (χ4v) is 9.54. The maximum absolute atomic E-state index is 13.7. The highest BCUT2D eigenvalue weighted by Gasteiger charge is 2.33. The minimum absolute atomic E-state index is 0.0958.